The summed E-state index contributed by atoms with van der Waals surface area (Å²) in [6.07, 6.45) is -16.9. The van der Waals surface area contributed by atoms with Gasteiger partial charge in [0.2, 0.25) is 0 Å². The molecule has 12 nitrogen and oxygen atoms in total. The third-order valence-electron chi connectivity index (χ3n) is 4.52. The highest BCUT2D eigenvalue weighted by molar-refractivity contribution is 4.95. The van der Waals surface area contributed by atoms with E-state index in [9.17, 15) is 35.7 Å². The zero-order valence-corrected chi connectivity index (χ0v) is 14.0. The van der Waals surface area contributed by atoms with E-state index in [4.69, 9.17) is 24.1 Å². The highest BCUT2D eigenvalue weighted by Crippen LogP contribution is 2.30. The van der Waals surface area contributed by atoms with Crippen LogP contribution in [-0.4, -0.2) is 129 Å². The summed E-state index contributed by atoms with van der Waals surface area (Å²) >= 11 is 0. The lowest BCUT2D eigenvalue weighted by molar-refractivity contribution is -0.361. The molecule has 154 valence electrons. The Hall–Kier alpha value is -0.480. The van der Waals surface area contributed by atoms with Crippen molar-refractivity contribution in [1.82, 2.24) is 0 Å². The fourth-order valence-electron chi connectivity index (χ4n) is 2.98. The molecule has 0 unspecified atom stereocenters. The third kappa shape index (κ3) is 4.16. The van der Waals surface area contributed by atoms with E-state index in [1.165, 1.54) is 7.11 Å². The first kappa shape index (κ1) is 21.8. The summed E-state index contributed by atoms with van der Waals surface area (Å²) in [5.41, 5.74) is 0. The van der Waals surface area contributed by atoms with Crippen molar-refractivity contribution in [3.05, 3.63) is 0 Å². The molecule has 2 heterocycles. The van der Waals surface area contributed by atoms with Gasteiger partial charge in [-0.3, -0.25) is 0 Å². The summed E-state index contributed by atoms with van der Waals surface area (Å²) in [7, 11) is 1.23. The van der Waals surface area contributed by atoms with Gasteiger partial charge in [0.05, 0.1) is 13.2 Å². The molecular formula is C14H26O12. The van der Waals surface area contributed by atoms with Crippen LogP contribution in [0.25, 0.3) is 0 Å². The van der Waals surface area contributed by atoms with Crippen molar-refractivity contribution >= 4 is 0 Å². The first-order valence-electron chi connectivity index (χ1n) is 8.06. The van der Waals surface area contributed by atoms with Gasteiger partial charge in [-0.05, 0) is 0 Å². The largest absolute Gasteiger partial charge is 0.394 e. The van der Waals surface area contributed by atoms with Gasteiger partial charge in [0.25, 0.3) is 0 Å². The molecule has 0 aromatic carbocycles. The molecule has 8 N–H and O–H groups in total. The molecule has 0 radical (unpaired) electrons. The van der Waals surface area contributed by atoms with Gasteiger partial charge in [-0.2, -0.15) is 0 Å². The number of aliphatic hydroxyl groups is 8. The standard InChI is InChI=1S/C14H26O12/c1-23-13-10(22)8(20)12(5(3-16)24-13)26-14-9(21)6(18)7(19)11(25-14)4(17)2-15/h4-22H,2-3H2,1H3/t4-,5+,6-,7-,8+,9-,10-,11+,12+,13-,14-/m0/s1. The van der Waals surface area contributed by atoms with Crippen LogP contribution in [0, 0.1) is 0 Å². The van der Waals surface area contributed by atoms with E-state index in [1.807, 2.05) is 0 Å². The Morgan fingerprint density at radius 1 is 0.846 bits per heavy atom. The van der Waals surface area contributed by atoms with E-state index in [2.05, 4.69) is 0 Å². The molecule has 0 aromatic rings. The first-order chi connectivity index (χ1) is 12.3. The van der Waals surface area contributed by atoms with Crippen LogP contribution in [0.5, 0.6) is 0 Å². The van der Waals surface area contributed by atoms with Crippen molar-refractivity contribution in [2.75, 3.05) is 20.3 Å². The van der Waals surface area contributed by atoms with Crippen molar-refractivity contribution in [1.29, 1.82) is 0 Å². The second-order valence-electron chi connectivity index (χ2n) is 6.23. The highest BCUT2D eigenvalue weighted by atomic mass is 16.7. The van der Waals surface area contributed by atoms with Crippen LogP contribution < -0.4 is 0 Å². The number of ether oxygens (including phenoxy) is 4. The predicted octanol–water partition coefficient (Wildman–Crippen LogP) is -5.38. The van der Waals surface area contributed by atoms with Crippen molar-refractivity contribution < 1.29 is 59.8 Å². The maximum Gasteiger partial charge on any atom is 0.187 e. The molecule has 2 fully saturated rings. The molecule has 2 aliphatic heterocycles. The first-order valence-corrected chi connectivity index (χ1v) is 8.06. The molecule has 2 rings (SSSR count). The fourth-order valence-corrected chi connectivity index (χ4v) is 2.98. The SMILES string of the molecule is CO[C@H]1O[C@H](CO)[C@@H](O[C@@H]2O[C@H]([C@@H](O)CO)[C@@H](O)[C@H](O)[C@@H]2O)[C@H](O)[C@@H]1O. The maximum atomic E-state index is 10.2. The minimum atomic E-state index is -1.79. The minimum Gasteiger partial charge on any atom is -0.394 e. The average Bonchev–Trinajstić information content (AvgIpc) is 2.65. The summed E-state index contributed by atoms with van der Waals surface area (Å²) in [4.78, 5) is 0. The van der Waals surface area contributed by atoms with Gasteiger partial charge in [0.1, 0.15) is 54.9 Å². The molecule has 26 heavy (non-hydrogen) atoms. The van der Waals surface area contributed by atoms with E-state index in [-0.39, 0.29) is 0 Å². The topological polar surface area (TPSA) is 199 Å². The number of hydrogen-bond acceptors (Lipinski definition) is 12. The molecule has 0 aromatic heterocycles. The summed E-state index contributed by atoms with van der Waals surface area (Å²) in [5, 5.41) is 78.1. The Bertz CT molecular complexity index is 436. The predicted molar refractivity (Wildman–Crippen MR) is 79.4 cm³/mol. The Kier molecular flexibility index (Phi) is 7.67. The van der Waals surface area contributed by atoms with Crippen molar-refractivity contribution in [2.24, 2.45) is 0 Å². The van der Waals surface area contributed by atoms with Crippen LogP contribution in [-0.2, 0) is 18.9 Å². The summed E-state index contributed by atoms with van der Waals surface area (Å²) < 4.78 is 20.7. The lowest BCUT2D eigenvalue weighted by Gasteiger charge is -2.46. The van der Waals surface area contributed by atoms with Gasteiger partial charge in [-0.1, -0.05) is 0 Å². The van der Waals surface area contributed by atoms with Crippen LogP contribution in [0.4, 0.5) is 0 Å². The van der Waals surface area contributed by atoms with Gasteiger partial charge in [-0.25, -0.2) is 0 Å². The fraction of sp³-hybridized carbons (Fsp3) is 1.00. The summed E-state index contributed by atoms with van der Waals surface area (Å²) in [5.74, 6) is 0. The Morgan fingerprint density at radius 2 is 1.46 bits per heavy atom. The third-order valence-corrected chi connectivity index (χ3v) is 4.52. The number of methoxy groups -OCH3 is 1. The molecule has 11 atom stereocenters. The van der Waals surface area contributed by atoms with E-state index in [0.717, 1.165) is 0 Å². The molecule has 0 saturated carbocycles. The highest BCUT2D eigenvalue weighted by Gasteiger charge is 2.51. The normalized spacial score (nSPS) is 48.3. The average molecular weight is 386 g/mol. The van der Waals surface area contributed by atoms with Crippen LogP contribution >= 0.6 is 0 Å². The Morgan fingerprint density at radius 3 is 2.00 bits per heavy atom. The van der Waals surface area contributed by atoms with E-state index < -0.39 is 80.7 Å². The molecule has 0 bridgehead atoms. The quantitative estimate of drug-likeness (QED) is 0.216. The van der Waals surface area contributed by atoms with Crippen molar-refractivity contribution in [3.8, 4) is 0 Å². The Balaban J connectivity index is 2.16. The van der Waals surface area contributed by atoms with E-state index in [0.29, 0.717) is 0 Å². The monoisotopic (exact) mass is 386 g/mol. The van der Waals surface area contributed by atoms with E-state index >= 15 is 0 Å². The molecule has 2 saturated heterocycles. The zero-order chi connectivity index (χ0) is 19.6. The zero-order valence-electron chi connectivity index (χ0n) is 14.0. The van der Waals surface area contributed by atoms with Gasteiger partial charge >= 0.3 is 0 Å². The Labute approximate surface area is 148 Å². The summed E-state index contributed by atoms with van der Waals surface area (Å²) in [6.45, 7) is -1.43. The van der Waals surface area contributed by atoms with Crippen molar-refractivity contribution in [3.63, 3.8) is 0 Å². The molecule has 0 spiro atoms. The molecule has 2 aliphatic rings. The second kappa shape index (κ2) is 9.14. The van der Waals surface area contributed by atoms with Gasteiger partial charge in [0.15, 0.2) is 12.6 Å². The molecule has 0 aliphatic carbocycles. The second-order valence-corrected chi connectivity index (χ2v) is 6.23. The molecular weight excluding hydrogens is 360 g/mol. The van der Waals surface area contributed by atoms with Gasteiger partial charge in [-0.15, -0.1) is 0 Å². The lowest BCUT2D eigenvalue weighted by Crippen LogP contribution is -2.65. The molecule has 12 heteroatoms. The number of aliphatic hydroxyl groups excluding tert-OH is 8. The van der Waals surface area contributed by atoms with Crippen LogP contribution in [0.15, 0.2) is 0 Å². The number of hydrogen-bond donors (Lipinski definition) is 8. The van der Waals surface area contributed by atoms with E-state index in [1.54, 1.807) is 0 Å². The van der Waals surface area contributed by atoms with Gasteiger partial charge in [0, 0.05) is 7.11 Å². The number of rotatable bonds is 6. The minimum absolute atomic E-state index is 0.634. The van der Waals surface area contributed by atoms with Gasteiger partial charge < -0.3 is 59.8 Å². The maximum absolute atomic E-state index is 10.2. The van der Waals surface area contributed by atoms with Crippen LogP contribution in [0.2, 0.25) is 0 Å². The van der Waals surface area contributed by atoms with Crippen LogP contribution in [0.3, 0.4) is 0 Å². The summed E-state index contributed by atoms with van der Waals surface area (Å²) in [6, 6.07) is 0. The smallest absolute Gasteiger partial charge is 0.187 e. The van der Waals surface area contributed by atoms with Crippen molar-refractivity contribution in [2.45, 2.75) is 67.5 Å². The molecule has 0 amide bonds. The van der Waals surface area contributed by atoms with Crippen LogP contribution in [0.1, 0.15) is 0 Å². The lowest BCUT2D eigenvalue weighted by atomic mass is 9.95.